The highest BCUT2D eigenvalue weighted by Gasteiger charge is 2.17. The summed E-state index contributed by atoms with van der Waals surface area (Å²) in [4.78, 5) is 14.8. The van der Waals surface area contributed by atoms with Gasteiger partial charge in [0.2, 0.25) is 0 Å². The molecular formula is C14H9FN2O3. The molecule has 0 bridgehead atoms. The number of carboxylic acid groups (broad SMARTS) is 1. The van der Waals surface area contributed by atoms with Gasteiger partial charge in [-0.1, -0.05) is 5.16 Å². The Morgan fingerprint density at radius 3 is 2.65 bits per heavy atom. The molecule has 0 radical (unpaired) electrons. The number of carboxylic acids is 1. The molecule has 0 aliphatic carbocycles. The highest BCUT2D eigenvalue weighted by atomic mass is 19.1. The summed E-state index contributed by atoms with van der Waals surface area (Å²) in [5, 5.41) is 13.5. The van der Waals surface area contributed by atoms with Gasteiger partial charge in [0, 0.05) is 5.56 Å². The molecule has 0 unspecified atom stereocenters. The van der Waals surface area contributed by atoms with Crippen molar-refractivity contribution >= 4 is 17.1 Å². The maximum absolute atomic E-state index is 12.9. The van der Waals surface area contributed by atoms with Gasteiger partial charge < -0.3 is 9.63 Å². The van der Waals surface area contributed by atoms with Crippen molar-refractivity contribution < 1.29 is 18.8 Å². The Hall–Kier alpha value is -2.76. The molecule has 0 aliphatic heterocycles. The lowest BCUT2D eigenvalue weighted by Crippen LogP contribution is -2.00. The summed E-state index contributed by atoms with van der Waals surface area (Å²) in [6, 6.07) is 7.26. The zero-order valence-corrected chi connectivity index (χ0v) is 10.4. The summed E-state index contributed by atoms with van der Waals surface area (Å²) < 4.78 is 18.0. The van der Waals surface area contributed by atoms with Gasteiger partial charge in [-0.2, -0.15) is 0 Å². The van der Waals surface area contributed by atoms with E-state index in [0.29, 0.717) is 22.2 Å². The molecule has 2 aromatic heterocycles. The molecule has 5 nitrogen and oxygen atoms in total. The van der Waals surface area contributed by atoms with Crippen molar-refractivity contribution in [2.45, 2.75) is 6.92 Å². The van der Waals surface area contributed by atoms with Crippen molar-refractivity contribution in [2.24, 2.45) is 0 Å². The number of fused-ring (bicyclic) bond motifs is 1. The van der Waals surface area contributed by atoms with Gasteiger partial charge in [-0.25, -0.2) is 14.2 Å². The van der Waals surface area contributed by atoms with E-state index in [1.807, 2.05) is 0 Å². The van der Waals surface area contributed by atoms with Crippen LogP contribution in [0.1, 0.15) is 16.1 Å². The number of carbonyl (C=O) groups is 1. The maximum atomic E-state index is 12.9. The van der Waals surface area contributed by atoms with Crippen molar-refractivity contribution in [1.29, 1.82) is 0 Å². The monoisotopic (exact) mass is 272 g/mol. The van der Waals surface area contributed by atoms with Crippen LogP contribution in [0.2, 0.25) is 0 Å². The molecular weight excluding hydrogens is 263 g/mol. The molecule has 0 spiro atoms. The Labute approximate surface area is 112 Å². The predicted octanol–water partition coefficient (Wildman–Crippen LogP) is 3.04. The van der Waals surface area contributed by atoms with Crippen molar-refractivity contribution in [3.05, 3.63) is 47.4 Å². The van der Waals surface area contributed by atoms with Gasteiger partial charge >= 0.3 is 5.97 Å². The molecule has 0 amide bonds. The first-order valence-corrected chi connectivity index (χ1v) is 5.82. The number of aromatic nitrogens is 2. The first-order valence-electron chi connectivity index (χ1n) is 5.82. The lowest BCUT2D eigenvalue weighted by Gasteiger charge is -2.00. The van der Waals surface area contributed by atoms with Gasteiger partial charge in [0.15, 0.2) is 5.69 Å². The summed E-state index contributed by atoms with van der Waals surface area (Å²) in [6.45, 7) is 1.75. The molecule has 6 heteroatoms. The van der Waals surface area contributed by atoms with E-state index < -0.39 is 5.97 Å². The number of benzene rings is 1. The molecule has 0 saturated carbocycles. The molecule has 3 aromatic rings. The van der Waals surface area contributed by atoms with Crippen LogP contribution >= 0.6 is 0 Å². The van der Waals surface area contributed by atoms with E-state index in [1.165, 1.54) is 18.2 Å². The molecule has 0 saturated heterocycles. The fourth-order valence-electron chi connectivity index (χ4n) is 2.05. The highest BCUT2D eigenvalue weighted by molar-refractivity contribution is 5.95. The number of nitrogens with zero attached hydrogens (tertiary/aromatic N) is 2. The van der Waals surface area contributed by atoms with Crippen LogP contribution in [0.15, 0.2) is 34.9 Å². The van der Waals surface area contributed by atoms with E-state index in [-0.39, 0.29) is 17.2 Å². The maximum Gasteiger partial charge on any atom is 0.354 e. The van der Waals surface area contributed by atoms with Crippen LogP contribution in [-0.2, 0) is 0 Å². The third-order valence-electron chi connectivity index (χ3n) is 2.98. The first-order chi connectivity index (χ1) is 9.56. The van der Waals surface area contributed by atoms with Gasteiger partial charge in [-0.05, 0) is 42.8 Å². The largest absolute Gasteiger partial charge is 0.477 e. The number of pyridine rings is 1. The summed E-state index contributed by atoms with van der Waals surface area (Å²) >= 11 is 0. The molecule has 100 valence electrons. The van der Waals surface area contributed by atoms with E-state index in [9.17, 15) is 9.18 Å². The molecule has 2 heterocycles. The van der Waals surface area contributed by atoms with Crippen molar-refractivity contribution in [3.63, 3.8) is 0 Å². The lowest BCUT2D eigenvalue weighted by molar-refractivity contribution is 0.0690. The second kappa shape index (κ2) is 4.41. The second-order valence-corrected chi connectivity index (χ2v) is 4.35. The summed E-state index contributed by atoms with van der Waals surface area (Å²) in [5.41, 5.74) is 1.94. The van der Waals surface area contributed by atoms with Crippen LogP contribution in [0, 0.1) is 12.7 Å². The van der Waals surface area contributed by atoms with Crippen LogP contribution in [-0.4, -0.2) is 21.2 Å². The predicted molar refractivity (Wildman–Crippen MR) is 68.9 cm³/mol. The van der Waals surface area contributed by atoms with Crippen molar-refractivity contribution in [2.75, 3.05) is 0 Å². The third kappa shape index (κ3) is 1.91. The SMILES string of the molecule is Cc1cc(C(=O)O)nc2onc(-c3ccc(F)cc3)c12. The smallest absolute Gasteiger partial charge is 0.354 e. The molecule has 1 N–H and O–H groups in total. The Bertz CT molecular complexity index is 809. The number of halogens is 1. The second-order valence-electron chi connectivity index (χ2n) is 4.35. The molecule has 0 atom stereocenters. The number of rotatable bonds is 2. The molecule has 1 aromatic carbocycles. The van der Waals surface area contributed by atoms with Gasteiger partial charge in [0.05, 0.1) is 5.39 Å². The van der Waals surface area contributed by atoms with Gasteiger partial charge in [-0.3, -0.25) is 0 Å². The van der Waals surface area contributed by atoms with Crippen LogP contribution < -0.4 is 0 Å². The van der Waals surface area contributed by atoms with Crippen LogP contribution in [0.4, 0.5) is 4.39 Å². The van der Waals surface area contributed by atoms with E-state index in [0.717, 1.165) is 0 Å². The van der Waals surface area contributed by atoms with Crippen molar-refractivity contribution in [1.82, 2.24) is 10.1 Å². The topological polar surface area (TPSA) is 76.2 Å². The number of aromatic carboxylic acids is 1. The normalized spacial score (nSPS) is 10.9. The minimum absolute atomic E-state index is 0.100. The molecule has 3 rings (SSSR count). The van der Waals surface area contributed by atoms with E-state index in [4.69, 9.17) is 9.63 Å². The number of aryl methyl sites for hydroxylation is 1. The Kier molecular flexibility index (Phi) is 2.71. The Balaban J connectivity index is 2.23. The van der Waals surface area contributed by atoms with E-state index >= 15 is 0 Å². The van der Waals surface area contributed by atoms with E-state index in [2.05, 4.69) is 10.1 Å². The zero-order chi connectivity index (χ0) is 14.3. The van der Waals surface area contributed by atoms with Crippen LogP contribution in [0.3, 0.4) is 0 Å². The summed E-state index contributed by atoms with van der Waals surface area (Å²) in [7, 11) is 0. The minimum Gasteiger partial charge on any atom is -0.477 e. The Morgan fingerprint density at radius 1 is 1.30 bits per heavy atom. The fourth-order valence-corrected chi connectivity index (χ4v) is 2.05. The number of hydrogen-bond donors (Lipinski definition) is 1. The summed E-state index contributed by atoms with van der Waals surface area (Å²) in [6.07, 6.45) is 0. The van der Waals surface area contributed by atoms with E-state index in [1.54, 1.807) is 19.1 Å². The molecule has 0 aliphatic rings. The standard InChI is InChI=1S/C14H9FN2O3/c1-7-6-10(14(18)19)16-13-11(7)12(17-20-13)8-2-4-9(15)5-3-8/h2-6H,1H3,(H,18,19). The van der Waals surface area contributed by atoms with Crippen LogP contribution in [0.25, 0.3) is 22.4 Å². The fraction of sp³-hybridized carbons (Fsp3) is 0.0714. The number of hydrogen-bond acceptors (Lipinski definition) is 4. The zero-order valence-electron chi connectivity index (χ0n) is 10.4. The quantitative estimate of drug-likeness (QED) is 0.775. The lowest BCUT2D eigenvalue weighted by atomic mass is 10.1. The first kappa shape index (κ1) is 12.3. The third-order valence-corrected chi connectivity index (χ3v) is 2.98. The van der Waals surface area contributed by atoms with Gasteiger partial charge in [0.25, 0.3) is 5.71 Å². The van der Waals surface area contributed by atoms with Crippen LogP contribution in [0.5, 0.6) is 0 Å². The average molecular weight is 272 g/mol. The van der Waals surface area contributed by atoms with Crippen molar-refractivity contribution in [3.8, 4) is 11.3 Å². The van der Waals surface area contributed by atoms with Gasteiger partial charge in [0.1, 0.15) is 11.5 Å². The minimum atomic E-state index is -1.13. The Morgan fingerprint density at radius 2 is 2.00 bits per heavy atom. The molecule has 0 fully saturated rings. The summed E-state index contributed by atoms with van der Waals surface area (Å²) in [5.74, 6) is -1.47. The van der Waals surface area contributed by atoms with Gasteiger partial charge in [-0.15, -0.1) is 0 Å². The average Bonchev–Trinajstić information content (AvgIpc) is 2.84. The molecule has 20 heavy (non-hydrogen) atoms. The highest BCUT2D eigenvalue weighted by Crippen LogP contribution is 2.30.